The van der Waals surface area contributed by atoms with Crippen LogP contribution in [0.5, 0.6) is 0 Å². The van der Waals surface area contributed by atoms with E-state index in [2.05, 4.69) is 0 Å². The molecule has 0 rings (SSSR count). The maximum absolute atomic E-state index is 0. The van der Waals surface area contributed by atoms with Gasteiger partial charge in [-0.25, -0.2) is 0 Å². The first-order valence-corrected chi connectivity index (χ1v) is 0. The van der Waals surface area contributed by atoms with Gasteiger partial charge in [-0.15, -0.1) is 0 Å². The fourth-order valence-corrected chi connectivity index (χ4v) is 0. The van der Waals surface area contributed by atoms with Crippen LogP contribution in [0.2, 0.25) is 0 Å². The van der Waals surface area contributed by atoms with Crippen LogP contribution in [-0.2, 0) is 0 Å². The lowest BCUT2D eigenvalue weighted by atomic mass is 12.0. The van der Waals surface area contributed by atoms with Gasteiger partial charge in [0.15, 0.2) is 0 Å². The lowest BCUT2D eigenvalue weighted by Gasteiger charge is -0.198. The molecule has 0 amide bonds. The van der Waals surface area contributed by atoms with Crippen LogP contribution in [0.1, 0.15) is 14.9 Å². The monoisotopic (exact) mass is 100 g/mol. The van der Waals surface area contributed by atoms with E-state index in [1.165, 1.54) is 0 Å². The maximum atomic E-state index is 0. The van der Waals surface area contributed by atoms with Crippen LogP contribution in [0.15, 0.2) is 0 Å². The summed E-state index contributed by atoms with van der Waals surface area (Å²) in [6.45, 7) is 0. The van der Waals surface area contributed by atoms with Gasteiger partial charge in [-0.05, 0) is 0 Å². The molecule has 0 bridgehead atoms. The predicted octanol–water partition coefficient (Wildman–Crippen LogP) is 1.50. The van der Waals surface area contributed by atoms with Gasteiger partial charge < -0.3 is 0 Å². The SMILES string of the molecule is C.C.S.S. The molecule has 0 aromatic heterocycles. The maximum Gasteiger partial charge on any atom is -0.0776 e. The minimum Gasteiger partial charge on any atom is -0.197 e. The standard InChI is InChI=1S/2CH4.2H2S/h2*1H4;2*1H2. The predicted molar refractivity (Wildman–Crippen MR) is 34.2 cm³/mol. The second-order valence-electron chi connectivity index (χ2n) is 0. The number of rotatable bonds is 0. The molecule has 0 heterocycles. The fraction of sp³-hybridized carbons (Fsp3) is 1.00. The molecular formula is C2H12S2. The van der Waals surface area contributed by atoms with Crippen molar-refractivity contribution < 1.29 is 0 Å². The molecule has 0 aromatic carbocycles. The Morgan fingerprint density at radius 3 is 0.500 bits per heavy atom. The molecule has 0 spiro atoms. The summed E-state index contributed by atoms with van der Waals surface area (Å²) in [5.41, 5.74) is 0. The van der Waals surface area contributed by atoms with E-state index in [1.807, 2.05) is 0 Å². The van der Waals surface area contributed by atoms with E-state index in [1.54, 1.807) is 0 Å². The van der Waals surface area contributed by atoms with Gasteiger partial charge in [0, 0.05) is 0 Å². The number of hydrogen-bond acceptors (Lipinski definition) is 0. The van der Waals surface area contributed by atoms with E-state index in [4.69, 9.17) is 0 Å². The summed E-state index contributed by atoms with van der Waals surface area (Å²) in [6.07, 6.45) is 0. The van der Waals surface area contributed by atoms with Crippen molar-refractivity contribution in [2.45, 2.75) is 14.9 Å². The van der Waals surface area contributed by atoms with Gasteiger partial charge in [0.2, 0.25) is 0 Å². The normalized spacial score (nSPS) is 0. The van der Waals surface area contributed by atoms with Crippen LogP contribution in [0.3, 0.4) is 0 Å². The Morgan fingerprint density at radius 1 is 0.500 bits per heavy atom. The Hall–Kier alpha value is 0.700. The highest BCUT2D eigenvalue weighted by molar-refractivity contribution is 7.59. The summed E-state index contributed by atoms with van der Waals surface area (Å²) in [7, 11) is 0. The molecule has 0 atom stereocenters. The molecule has 0 aliphatic heterocycles. The quantitative estimate of drug-likeness (QED) is 0.433. The van der Waals surface area contributed by atoms with Gasteiger partial charge in [0.05, 0.1) is 0 Å². The minimum absolute atomic E-state index is 0. The molecule has 0 saturated heterocycles. The lowest BCUT2D eigenvalue weighted by molar-refractivity contribution is 2.50. The first-order chi connectivity index (χ1) is 0. The van der Waals surface area contributed by atoms with Gasteiger partial charge in [-0.3, -0.25) is 0 Å². The van der Waals surface area contributed by atoms with E-state index >= 15 is 0 Å². The summed E-state index contributed by atoms with van der Waals surface area (Å²) in [5, 5.41) is 0. The molecule has 0 unspecified atom stereocenters. The molecule has 0 nitrogen and oxygen atoms in total. The summed E-state index contributed by atoms with van der Waals surface area (Å²) in [5.74, 6) is 0. The van der Waals surface area contributed by atoms with Crippen molar-refractivity contribution in [2.75, 3.05) is 0 Å². The molecule has 0 aliphatic rings. The number of hydrogen-bond donors (Lipinski definition) is 0. The second-order valence-corrected chi connectivity index (χ2v) is 0. The van der Waals surface area contributed by atoms with Crippen LogP contribution in [0.25, 0.3) is 0 Å². The molecule has 2 heteroatoms. The van der Waals surface area contributed by atoms with Gasteiger partial charge in [-0.2, -0.15) is 27.0 Å². The molecule has 0 saturated carbocycles. The van der Waals surface area contributed by atoms with Crippen molar-refractivity contribution >= 4 is 27.0 Å². The van der Waals surface area contributed by atoms with Gasteiger partial charge in [-0.1, -0.05) is 14.9 Å². The van der Waals surface area contributed by atoms with Crippen molar-refractivity contribution in [3.05, 3.63) is 0 Å². The highest BCUT2D eigenvalue weighted by atomic mass is 32.1. The average molecular weight is 100 g/mol. The van der Waals surface area contributed by atoms with E-state index in [0.29, 0.717) is 0 Å². The average Bonchev–Trinajstić information content (AvgIpc) is 0. The molecule has 0 aromatic rings. The fourth-order valence-electron chi connectivity index (χ4n) is 0. The second kappa shape index (κ2) is 55.0. The Morgan fingerprint density at radius 2 is 0.500 bits per heavy atom. The van der Waals surface area contributed by atoms with E-state index in [0.717, 1.165) is 0 Å². The van der Waals surface area contributed by atoms with Crippen molar-refractivity contribution in [1.82, 2.24) is 0 Å². The van der Waals surface area contributed by atoms with E-state index < -0.39 is 0 Å². The van der Waals surface area contributed by atoms with Gasteiger partial charge in [0.1, 0.15) is 0 Å². The largest absolute Gasteiger partial charge is 0.197 e. The molecule has 32 valence electrons. The Bertz CT molecular complexity index is 4.00. The summed E-state index contributed by atoms with van der Waals surface area (Å²) < 4.78 is 0. The molecular weight excluding hydrogens is 88.2 g/mol. The topological polar surface area (TPSA) is 0 Å². The van der Waals surface area contributed by atoms with Crippen molar-refractivity contribution in [2.24, 2.45) is 0 Å². The minimum atomic E-state index is 0. The molecule has 0 fully saturated rings. The zero-order valence-electron chi connectivity index (χ0n) is 1.00. The third-order valence-corrected chi connectivity index (χ3v) is 0. The van der Waals surface area contributed by atoms with Crippen LogP contribution in [-0.4, -0.2) is 0 Å². The van der Waals surface area contributed by atoms with Crippen LogP contribution < -0.4 is 0 Å². The zero-order valence-corrected chi connectivity index (χ0v) is 3.00. The van der Waals surface area contributed by atoms with E-state index in [-0.39, 0.29) is 41.8 Å². The molecule has 4 heavy (non-hydrogen) atoms. The summed E-state index contributed by atoms with van der Waals surface area (Å²) in [4.78, 5) is 0. The van der Waals surface area contributed by atoms with Gasteiger partial charge >= 0.3 is 0 Å². The van der Waals surface area contributed by atoms with Crippen LogP contribution in [0, 0.1) is 0 Å². The van der Waals surface area contributed by atoms with E-state index in [9.17, 15) is 0 Å². The first-order valence-electron chi connectivity index (χ1n) is 0. The summed E-state index contributed by atoms with van der Waals surface area (Å²) in [6, 6.07) is 0. The molecule has 0 aliphatic carbocycles. The van der Waals surface area contributed by atoms with Crippen molar-refractivity contribution in [3.8, 4) is 0 Å². The Labute approximate surface area is 42.5 Å². The third-order valence-electron chi connectivity index (χ3n) is 0. The Balaban J connectivity index is 0. The zero-order chi connectivity index (χ0) is 0. The first kappa shape index (κ1) is 131. The molecule has 0 N–H and O–H groups in total. The highest BCUT2D eigenvalue weighted by Crippen LogP contribution is 0.649. The van der Waals surface area contributed by atoms with Crippen LogP contribution >= 0.6 is 27.0 Å². The summed E-state index contributed by atoms with van der Waals surface area (Å²) >= 11 is 0. The lowest BCUT2D eigenvalue weighted by Crippen LogP contribution is 0.143. The van der Waals surface area contributed by atoms with Gasteiger partial charge in [0.25, 0.3) is 0 Å². The third kappa shape index (κ3) is 15.9. The highest BCUT2D eigenvalue weighted by Gasteiger charge is -0.0765. The van der Waals surface area contributed by atoms with Crippen molar-refractivity contribution in [1.29, 1.82) is 0 Å². The van der Waals surface area contributed by atoms with Crippen LogP contribution in [0.4, 0.5) is 0 Å². The molecule has 0 radical (unpaired) electrons. The Kier molecular flexibility index (Phi) is 1810. The smallest absolute Gasteiger partial charge is 0.0776 e. The van der Waals surface area contributed by atoms with Crippen molar-refractivity contribution in [3.63, 3.8) is 0 Å².